The first kappa shape index (κ1) is 16.1. The molecule has 0 radical (unpaired) electrons. The molecule has 112 valence electrons. The monoisotopic (exact) mass is 285 g/mol. The molecule has 1 aromatic rings. The SMILES string of the molecule is COCCNC(=O)CN(C)CCn1cc(C(=O)O)nn1. The minimum absolute atomic E-state index is 0.0886. The van der Waals surface area contributed by atoms with Crippen molar-refractivity contribution < 1.29 is 19.4 Å². The van der Waals surface area contributed by atoms with E-state index in [1.807, 2.05) is 4.90 Å². The summed E-state index contributed by atoms with van der Waals surface area (Å²) in [4.78, 5) is 24.0. The highest BCUT2D eigenvalue weighted by molar-refractivity contribution is 5.84. The maximum Gasteiger partial charge on any atom is 0.358 e. The molecule has 0 saturated heterocycles. The van der Waals surface area contributed by atoms with Crippen LogP contribution in [-0.2, 0) is 16.1 Å². The lowest BCUT2D eigenvalue weighted by molar-refractivity contribution is -0.122. The normalized spacial score (nSPS) is 10.8. The van der Waals surface area contributed by atoms with Crippen molar-refractivity contribution in [1.29, 1.82) is 0 Å². The Morgan fingerprint density at radius 2 is 2.30 bits per heavy atom. The second kappa shape index (κ2) is 8.23. The number of likely N-dealkylation sites (N-methyl/N-ethyl adjacent to an activating group) is 1. The number of methoxy groups -OCH3 is 1. The van der Waals surface area contributed by atoms with Gasteiger partial charge in [0.05, 0.1) is 25.9 Å². The standard InChI is InChI=1S/C11H19N5O4/c1-15(8-10(17)12-3-6-20-2)4-5-16-7-9(11(18)19)13-14-16/h7H,3-6,8H2,1-2H3,(H,12,17)(H,18,19). The summed E-state index contributed by atoms with van der Waals surface area (Å²) in [5.74, 6) is -1.20. The van der Waals surface area contributed by atoms with Crippen LogP contribution in [0.15, 0.2) is 6.20 Å². The van der Waals surface area contributed by atoms with Crippen molar-refractivity contribution in [2.75, 3.05) is 40.4 Å². The smallest absolute Gasteiger partial charge is 0.358 e. The zero-order chi connectivity index (χ0) is 15.0. The van der Waals surface area contributed by atoms with E-state index in [1.165, 1.54) is 10.9 Å². The van der Waals surface area contributed by atoms with Gasteiger partial charge in [-0.15, -0.1) is 5.10 Å². The van der Waals surface area contributed by atoms with E-state index >= 15 is 0 Å². The van der Waals surface area contributed by atoms with Crippen LogP contribution >= 0.6 is 0 Å². The molecule has 1 aromatic heterocycles. The molecule has 2 N–H and O–H groups in total. The molecule has 0 spiro atoms. The molecule has 0 unspecified atom stereocenters. The van der Waals surface area contributed by atoms with Crippen LogP contribution in [-0.4, -0.2) is 77.3 Å². The predicted octanol–water partition coefficient (Wildman–Crippen LogP) is -1.33. The third-order valence-electron chi connectivity index (χ3n) is 2.51. The van der Waals surface area contributed by atoms with Crippen LogP contribution < -0.4 is 5.32 Å². The molecule has 20 heavy (non-hydrogen) atoms. The second-order valence-corrected chi connectivity index (χ2v) is 4.25. The Labute approximate surface area is 116 Å². The third kappa shape index (κ3) is 5.76. The van der Waals surface area contributed by atoms with Crippen molar-refractivity contribution in [3.8, 4) is 0 Å². The van der Waals surface area contributed by atoms with Gasteiger partial charge in [-0.3, -0.25) is 14.4 Å². The number of carbonyl (C=O) groups is 2. The van der Waals surface area contributed by atoms with Gasteiger partial charge in [0.15, 0.2) is 5.69 Å². The molecular weight excluding hydrogens is 266 g/mol. The van der Waals surface area contributed by atoms with Crippen molar-refractivity contribution in [3.63, 3.8) is 0 Å². The van der Waals surface area contributed by atoms with E-state index in [2.05, 4.69) is 15.6 Å². The number of nitrogens with zero attached hydrogens (tertiary/aromatic N) is 4. The summed E-state index contributed by atoms with van der Waals surface area (Å²) in [7, 11) is 3.37. The highest BCUT2D eigenvalue weighted by Crippen LogP contribution is 1.93. The number of ether oxygens (including phenoxy) is 1. The fraction of sp³-hybridized carbons (Fsp3) is 0.636. The Kier molecular flexibility index (Phi) is 6.60. The first-order chi connectivity index (χ1) is 9.52. The summed E-state index contributed by atoms with van der Waals surface area (Å²) in [5, 5.41) is 18.6. The maximum atomic E-state index is 11.5. The molecule has 0 atom stereocenters. The molecule has 0 saturated carbocycles. The van der Waals surface area contributed by atoms with Crippen LogP contribution in [0.25, 0.3) is 0 Å². The van der Waals surface area contributed by atoms with Gasteiger partial charge in [-0.25, -0.2) is 4.79 Å². The van der Waals surface area contributed by atoms with Gasteiger partial charge in [0.1, 0.15) is 0 Å². The van der Waals surface area contributed by atoms with E-state index < -0.39 is 5.97 Å². The topological polar surface area (TPSA) is 110 Å². The fourth-order valence-corrected chi connectivity index (χ4v) is 1.45. The summed E-state index contributed by atoms with van der Waals surface area (Å²) in [6.07, 6.45) is 1.36. The summed E-state index contributed by atoms with van der Waals surface area (Å²) < 4.78 is 6.26. The molecule has 0 aromatic carbocycles. The molecular formula is C11H19N5O4. The summed E-state index contributed by atoms with van der Waals surface area (Å²) in [6, 6.07) is 0. The molecule has 1 heterocycles. The van der Waals surface area contributed by atoms with E-state index in [1.54, 1.807) is 14.2 Å². The van der Waals surface area contributed by atoms with Crippen molar-refractivity contribution >= 4 is 11.9 Å². The number of carboxylic acid groups (broad SMARTS) is 1. The van der Waals surface area contributed by atoms with E-state index in [4.69, 9.17) is 9.84 Å². The number of nitrogens with one attached hydrogen (secondary N) is 1. The van der Waals surface area contributed by atoms with Gasteiger partial charge >= 0.3 is 5.97 Å². The van der Waals surface area contributed by atoms with Crippen molar-refractivity contribution in [2.24, 2.45) is 0 Å². The van der Waals surface area contributed by atoms with Gasteiger partial charge in [0, 0.05) is 20.2 Å². The molecule has 0 fully saturated rings. The molecule has 9 nitrogen and oxygen atoms in total. The number of hydrogen-bond acceptors (Lipinski definition) is 6. The number of amides is 1. The third-order valence-corrected chi connectivity index (χ3v) is 2.51. The minimum atomic E-state index is -1.11. The zero-order valence-corrected chi connectivity index (χ0v) is 11.6. The summed E-state index contributed by atoms with van der Waals surface area (Å²) in [5.41, 5.74) is -0.0926. The maximum absolute atomic E-state index is 11.5. The Bertz CT molecular complexity index is 448. The molecule has 1 amide bonds. The van der Waals surface area contributed by atoms with Crippen LogP contribution in [0.4, 0.5) is 0 Å². The molecule has 0 aliphatic carbocycles. The van der Waals surface area contributed by atoms with E-state index in [9.17, 15) is 9.59 Å². The van der Waals surface area contributed by atoms with Crippen molar-refractivity contribution in [1.82, 2.24) is 25.2 Å². The summed E-state index contributed by atoms with van der Waals surface area (Å²) >= 11 is 0. The van der Waals surface area contributed by atoms with Crippen LogP contribution in [0, 0.1) is 0 Å². The lowest BCUT2D eigenvalue weighted by atomic mass is 10.4. The minimum Gasteiger partial charge on any atom is -0.476 e. The predicted molar refractivity (Wildman–Crippen MR) is 69.4 cm³/mol. The van der Waals surface area contributed by atoms with Gasteiger partial charge in [-0.2, -0.15) is 0 Å². The lowest BCUT2D eigenvalue weighted by Gasteiger charge is -2.15. The van der Waals surface area contributed by atoms with Gasteiger partial charge in [0.25, 0.3) is 0 Å². The molecule has 9 heteroatoms. The lowest BCUT2D eigenvalue weighted by Crippen LogP contribution is -2.37. The van der Waals surface area contributed by atoms with Crippen LogP contribution in [0.1, 0.15) is 10.5 Å². The van der Waals surface area contributed by atoms with E-state index in [0.717, 1.165) is 0 Å². The number of carboxylic acids is 1. The molecule has 1 rings (SSSR count). The second-order valence-electron chi connectivity index (χ2n) is 4.25. The summed E-state index contributed by atoms with van der Waals surface area (Å²) in [6.45, 7) is 2.23. The highest BCUT2D eigenvalue weighted by Gasteiger charge is 2.09. The first-order valence-corrected chi connectivity index (χ1v) is 6.10. The number of carbonyl (C=O) groups excluding carboxylic acids is 1. The Hall–Kier alpha value is -2.00. The zero-order valence-electron chi connectivity index (χ0n) is 11.6. The number of aromatic carboxylic acids is 1. The van der Waals surface area contributed by atoms with Crippen LogP contribution in [0.2, 0.25) is 0 Å². The first-order valence-electron chi connectivity index (χ1n) is 6.10. The van der Waals surface area contributed by atoms with Crippen LogP contribution in [0.5, 0.6) is 0 Å². The van der Waals surface area contributed by atoms with Gasteiger partial charge in [0.2, 0.25) is 5.91 Å². The fourth-order valence-electron chi connectivity index (χ4n) is 1.45. The van der Waals surface area contributed by atoms with Crippen molar-refractivity contribution in [3.05, 3.63) is 11.9 Å². The highest BCUT2D eigenvalue weighted by atomic mass is 16.5. The largest absolute Gasteiger partial charge is 0.476 e. The quantitative estimate of drug-likeness (QED) is 0.541. The molecule has 0 aliphatic heterocycles. The van der Waals surface area contributed by atoms with Crippen molar-refractivity contribution in [2.45, 2.75) is 6.54 Å². The average molecular weight is 285 g/mol. The van der Waals surface area contributed by atoms with Crippen LogP contribution in [0.3, 0.4) is 0 Å². The molecule has 0 aliphatic rings. The molecule has 0 bridgehead atoms. The Morgan fingerprint density at radius 3 is 2.90 bits per heavy atom. The van der Waals surface area contributed by atoms with E-state index in [-0.39, 0.29) is 18.1 Å². The van der Waals surface area contributed by atoms with Gasteiger partial charge in [-0.1, -0.05) is 5.21 Å². The van der Waals surface area contributed by atoms with Gasteiger partial charge < -0.3 is 15.2 Å². The van der Waals surface area contributed by atoms with Gasteiger partial charge in [-0.05, 0) is 7.05 Å². The van der Waals surface area contributed by atoms with E-state index in [0.29, 0.717) is 26.2 Å². The number of aromatic nitrogens is 3. The number of hydrogen-bond donors (Lipinski definition) is 2. The Morgan fingerprint density at radius 1 is 1.55 bits per heavy atom. The Balaban J connectivity index is 2.26. The number of rotatable bonds is 9. The average Bonchev–Trinajstić information content (AvgIpc) is 2.85.